The summed E-state index contributed by atoms with van der Waals surface area (Å²) in [5.41, 5.74) is 1.73. The van der Waals surface area contributed by atoms with Gasteiger partial charge >= 0.3 is 0 Å². The lowest BCUT2D eigenvalue weighted by Crippen LogP contribution is -2.47. The maximum Gasteiger partial charge on any atom is 0.251 e. The number of nitrogens with one attached hydrogen (secondary N) is 2. The normalized spacial score (nSPS) is 21.6. The number of likely N-dealkylation sites (N-methyl/N-ethyl adjacent to an activating group) is 1. The summed E-state index contributed by atoms with van der Waals surface area (Å²) in [7, 11) is 3.58. The molecular formula is C20H31N3O2. The molecule has 0 saturated heterocycles. The standard InChI is InChI=1S/C20H31N3O2/c1-14-5-11-18(12-6-14)22-19(24)15(2)23(4)13-16-7-9-17(10-8-16)20(25)21-3/h7-10,14-15,18H,5-6,11-13H2,1-4H3,(H,21,25)(H,22,24). The van der Waals surface area contributed by atoms with Gasteiger partial charge in [-0.15, -0.1) is 0 Å². The third-order valence-corrected chi connectivity index (χ3v) is 5.28. The predicted octanol–water partition coefficient (Wildman–Crippen LogP) is 2.56. The first-order valence-electron chi connectivity index (χ1n) is 9.22. The Labute approximate surface area is 151 Å². The number of hydrogen-bond donors (Lipinski definition) is 2. The van der Waals surface area contributed by atoms with Crippen LogP contribution in [-0.4, -0.2) is 42.9 Å². The number of carbonyl (C=O) groups is 2. The number of nitrogens with zero attached hydrogens (tertiary/aromatic N) is 1. The Hall–Kier alpha value is -1.88. The zero-order valence-corrected chi connectivity index (χ0v) is 15.8. The van der Waals surface area contributed by atoms with Gasteiger partial charge in [-0.3, -0.25) is 14.5 Å². The second-order valence-electron chi connectivity index (χ2n) is 7.33. The molecule has 0 aromatic heterocycles. The molecule has 1 unspecified atom stereocenters. The van der Waals surface area contributed by atoms with Crippen LogP contribution in [0.2, 0.25) is 0 Å². The molecule has 1 aliphatic carbocycles. The van der Waals surface area contributed by atoms with Crippen LogP contribution < -0.4 is 10.6 Å². The van der Waals surface area contributed by atoms with Crippen molar-refractivity contribution in [2.24, 2.45) is 5.92 Å². The van der Waals surface area contributed by atoms with E-state index in [4.69, 9.17) is 0 Å². The SMILES string of the molecule is CNC(=O)c1ccc(CN(C)C(C)C(=O)NC2CCC(C)CC2)cc1. The Morgan fingerprint density at radius 1 is 1.16 bits per heavy atom. The lowest BCUT2D eigenvalue weighted by Gasteiger charge is -2.30. The fraction of sp³-hybridized carbons (Fsp3) is 0.600. The van der Waals surface area contributed by atoms with Crippen LogP contribution >= 0.6 is 0 Å². The van der Waals surface area contributed by atoms with E-state index in [0.717, 1.165) is 24.3 Å². The summed E-state index contributed by atoms with van der Waals surface area (Å²) in [4.78, 5) is 26.1. The summed E-state index contributed by atoms with van der Waals surface area (Å²) >= 11 is 0. The van der Waals surface area contributed by atoms with E-state index in [1.54, 1.807) is 7.05 Å². The monoisotopic (exact) mass is 345 g/mol. The van der Waals surface area contributed by atoms with Gasteiger partial charge in [0.1, 0.15) is 0 Å². The van der Waals surface area contributed by atoms with E-state index >= 15 is 0 Å². The van der Waals surface area contributed by atoms with Gasteiger partial charge in [0.05, 0.1) is 6.04 Å². The number of amides is 2. The van der Waals surface area contributed by atoms with Gasteiger partial charge in [-0.25, -0.2) is 0 Å². The topological polar surface area (TPSA) is 61.4 Å². The van der Waals surface area contributed by atoms with E-state index in [9.17, 15) is 9.59 Å². The van der Waals surface area contributed by atoms with E-state index in [2.05, 4.69) is 17.6 Å². The van der Waals surface area contributed by atoms with Crippen molar-refractivity contribution in [1.29, 1.82) is 0 Å². The molecule has 2 rings (SSSR count). The highest BCUT2D eigenvalue weighted by Crippen LogP contribution is 2.23. The molecular weight excluding hydrogens is 314 g/mol. The molecule has 1 aromatic carbocycles. The first kappa shape index (κ1) is 19.4. The third-order valence-electron chi connectivity index (χ3n) is 5.28. The maximum atomic E-state index is 12.5. The van der Waals surface area contributed by atoms with Crippen molar-refractivity contribution in [1.82, 2.24) is 15.5 Å². The molecule has 0 bridgehead atoms. The Morgan fingerprint density at radius 3 is 2.32 bits per heavy atom. The molecule has 1 fully saturated rings. The van der Waals surface area contributed by atoms with Crippen molar-refractivity contribution in [3.8, 4) is 0 Å². The minimum Gasteiger partial charge on any atom is -0.355 e. The third kappa shape index (κ3) is 5.56. The quantitative estimate of drug-likeness (QED) is 0.833. The molecule has 2 amide bonds. The number of benzene rings is 1. The van der Waals surface area contributed by atoms with Gasteiger partial charge in [0.25, 0.3) is 5.91 Å². The second-order valence-corrected chi connectivity index (χ2v) is 7.33. The van der Waals surface area contributed by atoms with E-state index in [0.29, 0.717) is 18.2 Å². The summed E-state index contributed by atoms with van der Waals surface area (Å²) in [6.07, 6.45) is 4.58. The van der Waals surface area contributed by atoms with E-state index in [1.807, 2.05) is 43.1 Å². The highest BCUT2D eigenvalue weighted by molar-refractivity contribution is 5.93. The number of carbonyl (C=O) groups excluding carboxylic acids is 2. The van der Waals surface area contributed by atoms with Crippen LogP contribution in [0, 0.1) is 5.92 Å². The fourth-order valence-electron chi connectivity index (χ4n) is 3.26. The summed E-state index contributed by atoms with van der Waals surface area (Å²) in [5, 5.41) is 5.82. The molecule has 1 aromatic rings. The molecule has 0 aliphatic heterocycles. The average molecular weight is 345 g/mol. The highest BCUT2D eigenvalue weighted by Gasteiger charge is 2.24. The predicted molar refractivity (Wildman–Crippen MR) is 100 cm³/mol. The van der Waals surface area contributed by atoms with Gasteiger partial charge in [-0.05, 0) is 63.3 Å². The van der Waals surface area contributed by atoms with Gasteiger partial charge in [-0.2, -0.15) is 0 Å². The van der Waals surface area contributed by atoms with Crippen molar-refractivity contribution in [2.45, 2.75) is 58.2 Å². The van der Waals surface area contributed by atoms with Crippen molar-refractivity contribution in [2.75, 3.05) is 14.1 Å². The molecule has 138 valence electrons. The van der Waals surface area contributed by atoms with E-state index in [1.165, 1.54) is 12.8 Å². The van der Waals surface area contributed by atoms with Crippen LogP contribution in [0.25, 0.3) is 0 Å². The minimum atomic E-state index is -0.182. The maximum absolute atomic E-state index is 12.5. The van der Waals surface area contributed by atoms with E-state index < -0.39 is 0 Å². The molecule has 2 N–H and O–H groups in total. The average Bonchev–Trinajstić information content (AvgIpc) is 2.62. The van der Waals surface area contributed by atoms with Crippen LogP contribution in [0.5, 0.6) is 0 Å². The summed E-state index contributed by atoms with van der Waals surface area (Å²) in [6, 6.07) is 7.65. The molecule has 25 heavy (non-hydrogen) atoms. The van der Waals surface area contributed by atoms with Crippen LogP contribution in [0.1, 0.15) is 55.5 Å². The lowest BCUT2D eigenvalue weighted by atomic mass is 9.87. The van der Waals surface area contributed by atoms with Crippen molar-refractivity contribution in [3.63, 3.8) is 0 Å². The minimum absolute atomic E-state index is 0.0885. The van der Waals surface area contributed by atoms with Gasteiger partial charge in [0, 0.05) is 25.2 Å². The molecule has 1 atom stereocenters. The van der Waals surface area contributed by atoms with Crippen LogP contribution in [-0.2, 0) is 11.3 Å². The van der Waals surface area contributed by atoms with Crippen LogP contribution in [0.15, 0.2) is 24.3 Å². The summed E-state index contributed by atoms with van der Waals surface area (Å²) in [5.74, 6) is 0.796. The molecule has 1 aliphatic rings. The zero-order valence-electron chi connectivity index (χ0n) is 15.8. The Kier molecular flexibility index (Phi) is 7.00. The lowest BCUT2D eigenvalue weighted by molar-refractivity contribution is -0.126. The summed E-state index contributed by atoms with van der Waals surface area (Å²) in [6.45, 7) is 4.90. The van der Waals surface area contributed by atoms with Gasteiger partial charge in [-0.1, -0.05) is 19.1 Å². The molecule has 0 spiro atoms. The Balaban J connectivity index is 1.85. The van der Waals surface area contributed by atoms with Crippen molar-refractivity contribution >= 4 is 11.8 Å². The van der Waals surface area contributed by atoms with Crippen LogP contribution in [0.3, 0.4) is 0 Å². The van der Waals surface area contributed by atoms with Crippen LogP contribution in [0.4, 0.5) is 0 Å². The van der Waals surface area contributed by atoms with Crippen molar-refractivity contribution in [3.05, 3.63) is 35.4 Å². The smallest absolute Gasteiger partial charge is 0.251 e. The molecule has 0 radical (unpaired) electrons. The van der Waals surface area contributed by atoms with E-state index in [-0.39, 0.29) is 17.9 Å². The molecule has 0 heterocycles. The Bertz CT molecular complexity index is 577. The zero-order chi connectivity index (χ0) is 18.4. The highest BCUT2D eigenvalue weighted by atomic mass is 16.2. The van der Waals surface area contributed by atoms with Crippen molar-refractivity contribution < 1.29 is 9.59 Å². The Morgan fingerprint density at radius 2 is 1.76 bits per heavy atom. The number of rotatable bonds is 6. The van der Waals surface area contributed by atoms with Gasteiger partial charge < -0.3 is 10.6 Å². The largest absolute Gasteiger partial charge is 0.355 e. The second kappa shape index (κ2) is 8.99. The molecule has 5 nitrogen and oxygen atoms in total. The molecule has 1 saturated carbocycles. The molecule has 5 heteroatoms. The van der Waals surface area contributed by atoms with Gasteiger partial charge in [0.15, 0.2) is 0 Å². The first-order chi connectivity index (χ1) is 11.9. The van der Waals surface area contributed by atoms with Gasteiger partial charge in [0.2, 0.25) is 5.91 Å². The summed E-state index contributed by atoms with van der Waals surface area (Å²) < 4.78 is 0. The number of hydrogen-bond acceptors (Lipinski definition) is 3. The fourth-order valence-corrected chi connectivity index (χ4v) is 3.26. The first-order valence-corrected chi connectivity index (χ1v) is 9.22.